The summed E-state index contributed by atoms with van der Waals surface area (Å²) in [7, 11) is 0. The van der Waals surface area contributed by atoms with Crippen LogP contribution in [0.3, 0.4) is 0 Å². The van der Waals surface area contributed by atoms with Crippen molar-refractivity contribution in [1.82, 2.24) is 0 Å². The van der Waals surface area contributed by atoms with E-state index in [4.69, 9.17) is 40.5 Å². The van der Waals surface area contributed by atoms with Crippen molar-refractivity contribution in [3.8, 4) is 0 Å². The summed E-state index contributed by atoms with van der Waals surface area (Å²) in [5.74, 6) is -5.24. The van der Waals surface area contributed by atoms with Crippen LogP contribution in [-0.4, -0.2) is 16.1 Å². The van der Waals surface area contributed by atoms with Crippen molar-refractivity contribution in [3.63, 3.8) is 0 Å². The first-order chi connectivity index (χ1) is 16.4. The largest absolute Gasteiger partial charge is 0.394 e. The van der Waals surface area contributed by atoms with Crippen LogP contribution >= 0.6 is 57.4 Å². The molecule has 4 rings (SSSR count). The molecule has 0 aliphatic heterocycles. The van der Waals surface area contributed by atoms with Crippen molar-refractivity contribution < 1.29 is 22.8 Å². The summed E-state index contributed by atoms with van der Waals surface area (Å²) in [6, 6.07) is 10.4. The molecule has 182 valence electrons. The minimum Gasteiger partial charge on any atom is -0.394 e. The molecule has 0 heterocycles. The zero-order valence-electron chi connectivity index (χ0n) is 17.3. The van der Waals surface area contributed by atoms with Crippen LogP contribution in [0.5, 0.6) is 0 Å². The molecule has 0 bridgehead atoms. The Kier molecular flexibility index (Phi) is 7.16. The molecule has 0 saturated heterocycles. The van der Waals surface area contributed by atoms with Gasteiger partial charge in [-0.15, -0.1) is 23.2 Å². The lowest BCUT2D eigenvalue weighted by Crippen LogP contribution is -2.18. The number of hydrogen-bond acceptors (Lipinski definition) is 3. The second-order valence-electron chi connectivity index (χ2n) is 7.76. The van der Waals surface area contributed by atoms with Crippen molar-refractivity contribution in [3.05, 3.63) is 85.7 Å². The quantitative estimate of drug-likeness (QED) is 0.162. The van der Waals surface area contributed by atoms with Gasteiger partial charge in [0.25, 0.3) is 5.91 Å². The normalized spacial score (nSPS) is 18.1. The molecule has 35 heavy (non-hydrogen) atoms. The molecule has 1 aliphatic rings. The Balaban J connectivity index is 1.52. The molecule has 5 nitrogen and oxygen atoms in total. The summed E-state index contributed by atoms with van der Waals surface area (Å²) in [6.07, 6.45) is 0. The first-order valence-electron chi connectivity index (χ1n) is 9.89. The van der Waals surface area contributed by atoms with Crippen molar-refractivity contribution in [1.29, 1.82) is 0 Å². The Hall–Kier alpha value is -2.21. The number of amides is 2. The highest BCUT2D eigenvalue weighted by molar-refractivity contribution is 14.1. The summed E-state index contributed by atoms with van der Waals surface area (Å²) < 4.78 is 40.1. The van der Waals surface area contributed by atoms with E-state index in [9.17, 15) is 22.8 Å². The van der Waals surface area contributed by atoms with Crippen LogP contribution in [0, 0.1) is 26.9 Å². The first-order valence-corrected chi connectivity index (χ1v) is 12.1. The van der Waals surface area contributed by atoms with Gasteiger partial charge in [-0.3, -0.25) is 9.59 Å². The highest BCUT2D eigenvalue weighted by atomic mass is 127. The Morgan fingerprint density at radius 3 is 2.34 bits per heavy atom. The number of benzene rings is 3. The number of alkyl halides is 2. The molecule has 1 saturated carbocycles. The molecule has 2 atom stereocenters. The number of nitrogen functional groups attached to an aromatic ring is 1. The first kappa shape index (κ1) is 25.9. The van der Waals surface area contributed by atoms with Gasteiger partial charge < -0.3 is 16.4 Å². The van der Waals surface area contributed by atoms with Crippen LogP contribution < -0.4 is 16.4 Å². The monoisotopic (exact) mass is 653 g/mol. The van der Waals surface area contributed by atoms with E-state index in [0.29, 0.717) is 9.13 Å². The SMILES string of the molecule is Nc1c(F)ccc(NC(=O)c2cc(NC(=O)[C@H]3[C@H](c4ccc(F)c(I)c4)C3(Cl)Cl)ccc2Cl)c1F. The third-order valence-electron chi connectivity index (χ3n) is 5.49. The second kappa shape index (κ2) is 9.68. The maximum Gasteiger partial charge on any atom is 0.257 e. The van der Waals surface area contributed by atoms with Crippen molar-refractivity contribution in [2.75, 3.05) is 16.4 Å². The van der Waals surface area contributed by atoms with E-state index in [0.717, 1.165) is 12.1 Å². The summed E-state index contributed by atoms with van der Waals surface area (Å²) in [5, 5.41) is 4.92. The van der Waals surface area contributed by atoms with E-state index >= 15 is 0 Å². The van der Waals surface area contributed by atoms with Gasteiger partial charge in [-0.2, -0.15) is 0 Å². The topological polar surface area (TPSA) is 84.2 Å². The van der Waals surface area contributed by atoms with E-state index in [1.807, 2.05) is 22.6 Å². The highest BCUT2D eigenvalue weighted by Gasteiger charge is 2.67. The number of rotatable bonds is 5. The molecule has 1 aliphatic carbocycles. The average Bonchev–Trinajstić information content (AvgIpc) is 3.39. The van der Waals surface area contributed by atoms with E-state index in [1.165, 1.54) is 30.3 Å². The Morgan fingerprint density at radius 2 is 1.66 bits per heavy atom. The van der Waals surface area contributed by atoms with Gasteiger partial charge in [-0.05, 0) is 70.6 Å². The molecular weight excluding hydrogens is 641 g/mol. The third kappa shape index (κ3) is 5.04. The summed E-state index contributed by atoms with van der Waals surface area (Å²) in [4.78, 5) is 25.6. The minimum absolute atomic E-state index is 0.0187. The maximum absolute atomic E-state index is 14.2. The summed E-state index contributed by atoms with van der Waals surface area (Å²) in [5.41, 5.74) is 4.95. The molecule has 1 fully saturated rings. The number of nitrogens with two attached hydrogens (primary N) is 1. The third-order valence-corrected chi connectivity index (χ3v) is 7.59. The van der Waals surface area contributed by atoms with Gasteiger partial charge in [-0.1, -0.05) is 17.7 Å². The van der Waals surface area contributed by atoms with Crippen LogP contribution in [0.2, 0.25) is 5.02 Å². The fourth-order valence-electron chi connectivity index (χ4n) is 3.63. The zero-order valence-corrected chi connectivity index (χ0v) is 21.7. The van der Waals surface area contributed by atoms with E-state index in [1.54, 1.807) is 6.07 Å². The smallest absolute Gasteiger partial charge is 0.257 e. The van der Waals surface area contributed by atoms with Crippen LogP contribution in [0.25, 0.3) is 0 Å². The molecule has 2 amide bonds. The molecule has 0 radical (unpaired) electrons. The number of hydrogen-bond donors (Lipinski definition) is 3. The number of halogens is 7. The van der Waals surface area contributed by atoms with Crippen LogP contribution in [0.15, 0.2) is 48.5 Å². The maximum atomic E-state index is 14.2. The Morgan fingerprint density at radius 1 is 0.971 bits per heavy atom. The molecule has 0 aromatic heterocycles. The zero-order chi connectivity index (χ0) is 25.7. The van der Waals surface area contributed by atoms with E-state index in [2.05, 4.69) is 10.6 Å². The molecule has 0 unspecified atom stereocenters. The molecule has 0 spiro atoms. The fraction of sp³-hybridized carbons (Fsp3) is 0.130. The number of carbonyl (C=O) groups excluding carboxylic acids is 2. The van der Waals surface area contributed by atoms with Crippen molar-refractivity contribution in [2.24, 2.45) is 5.92 Å². The molecular formula is C23H14Cl3F3IN3O2. The van der Waals surface area contributed by atoms with E-state index < -0.39 is 51.1 Å². The Labute approximate surface area is 226 Å². The lowest BCUT2D eigenvalue weighted by atomic mass is 10.1. The summed E-state index contributed by atoms with van der Waals surface area (Å²) in [6.45, 7) is 0. The van der Waals surface area contributed by atoms with Gasteiger partial charge in [0, 0.05) is 15.2 Å². The van der Waals surface area contributed by atoms with Gasteiger partial charge in [0.1, 0.15) is 21.7 Å². The molecule has 4 N–H and O–H groups in total. The van der Waals surface area contributed by atoms with E-state index in [-0.39, 0.29) is 22.0 Å². The molecule has 3 aromatic rings. The predicted octanol–water partition coefficient (Wildman–Crippen LogP) is 6.72. The minimum atomic E-state index is -1.41. The number of carbonyl (C=O) groups is 2. The highest BCUT2D eigenvalue weighted by Crippen LogP contribution is 2.65. The molecule has 12 heteroatoms. The van der Waals surface area contributed by atoms with Gasteiger partial charge >= 0.3 is 0 Å². The summed E-state index contributed by atoms with van der Waals surface area (Å²) >= 11 is 20.6. The van der Waals surface area contributed by atoms with Gasteiger partial charge in [0.05, 0.1) is 22.2 Å². The van der Waals surface area contributed by atoms with Gasteiger partial charge in [0.2, 0.25) is 5.91 Å². The van der Waals surface area contributed by atoms with Gasteiger partial charge in [0.15, 0.2) is 5.82 Å². The molecule has 3 aromatic carbocycles. The van der Waals surface area contributed by atoms with Gasteiger partial charge in [-0.25, -0.2) is 13.2 Å². The Bertz CT molecular complexity index is 1370. The number of anilines is 3. The lowest BCUT2D eigenvalue weighted by molar-refractivity contribution is -0.117. The number of nitrogens with one attached hydrogen (secondary N) is 2. The predicted molar refractivity (Wildman–Crippen MR) is 139 cm³/mol. The lowest BCUT2D eigenvalue weighted by Gasteiger charge is -2.11. The van der Waals surface area contributed by atoms with Crippen molar-refractivity contribution in [2.45, 2.75) is 10.3 Å². The van der Waals surface area contributed by atoms with Crippen LogP contribution in [0.4, 0.5) is 30.2 Å². The fourth-order valence-corrected chi connectivity index (χ4v) is 5.20. The van der Waals surface area contributed by atoms with Crippen LogP contribution in [-0.2, 0) is 4.79 Å². The van der Waals surface area contributed by atoms with Crippen molar-refractivity contribution >= 4 is 86.3 Å². The second-order valence-corrected chi connectivity index (χ2v) is 10.8. The standard InChI is InChI=1S/C23H14Cl3F3IN3O2/c24-12-3-2-10(8-11(12)21(34)33-16-6-5-14(28)20(31)19(16)29)32-22(35)18-17(23(18,25)26)9-1-4-13(27)15(30)7-9/h1-8,17-18H,31H2,(H,32,35)(H,33,34)/t17-,18+/m0/s1. The van der Waals surface area contributed by atoms with Crippen LogP contribution in [0.1, 0.15) is 21.8 Å². The average molecular weight is 655 g/mol.